The molecule has 4 N–H and O–H groups in total. The Kier molecular flexibility index (Phi) is 3.80. The number of aromatic nitrogens is 4. The second-order valence-corrected chi connectivity index (χ2v) is 8.13. The van der Waals surface area contributed by atoms with Crippen LogP contribution < -0.4 is 16.0 Å². The van der Waals surface area contributed by atoms with E-state index in [1.54, 1.807) is 30.5 Å². The van der Waals surface area contributed by atoms with E-state index in [4.69, 9.17) is 10.5 Å². The molecule has 0 saturated heterocycles. The number of pyridine rings is 2. The van der Waals surface area contributed by atoms with Crippen LogP contribution in [-0.4, -0.2) is 32.4 Å². The van der Waals surface area contributed by atoms with Crippen molar-refractivity contribution in [1.29, 1.82) is 0 Å². The smallest absolute Gasteiger partial charge is 0.272 e. The first-order chi connectivity index (χ1) is 15.5. The molecule has 0 bridgehead atoms. The maximum absolute atomic E-state index is 14.3. The van der Waals surface area contributed by atoms with E-state index in [-0.39, 0.29) is 17.8 Å². The number of benzene rings is 2. The maximum Gasteiger partial charge on any atom is 0.272 e. The molecule has 0 radical (unpaired) electrons. The van der Waals surface area contributed by atoms with Gasteiger partial charge in [0.05, 0.1) is 11.7 Å². The van der Waals surface area contributed by atoms with E-state index >= 15 is 0 Å². The summed E-state index contributed by atoms with van der Waals surface area (Å²) in [6.45, 7) is -0.0825. The molecule has 1 fully saturated rings. The first-order valence-corrected chi connectivity index (χ1v) is 10.1. The SMILES string of the molecule is Nc1c(-c2ccc(F)c3[nH]ncc23)c2cc(OCC3(F)CC3)c3ncccc3c2[nH]c1=O. The molecular formula is C23H17F2N5O2. The molecular weight excluding hydrogens is 416 g/mol. The molecule has 160 valence electrons. The van der Waals surface area contributed by atoms with E-state index in [9.17, 15) is 13.6 Å². The number of hydrogen-bond donors (Lipinski definition) is 3. The number of fused-ring (bicyclic) bond motifs is 4. The lowest BCUT2D eigenvalue weighted by molar-refractivity contribution is 0.179. The maximum atomic E-state index is 14.3. The van der Waals surface area contributed by atoms with E-state index in [1.165, 1.54) is 12.3 Å². The van der Waals surface area contributed by atoms with Gasteiger partial charge in [-0.25, -0.2) is 8.78 Å². The van der Waals surface area contributed by atoms with E-state index in [2.05, 4.69) is 20.2 Å². The van der Waals surface area contributed by atoms with Crippen LogP contribution in [0.5, 0.6) is 5.75 Å². The molecule has 32 heavy (non-hydrogen) atoms. The highest BCUT2D eigenvalue weighted by Crippen LogP contribution is 2.43. The Morgan fingerprint density at radius 2 is 2.00 bits per heavy atom. The lowest BCUT2D eigenvalue weighted by Gasteiger charge is -2.16. The average molecular weight is 433 g/mol. The molecule has 5 aromatic rings. The zero-order valence-corrected chi connectivity index (χ0v) is 16.7. The third kappa shape index (κ3) is 2.74. The van der Waals surface area contributed by atoms with Gasteiger partial charge < -0.3 is 15.5 Å². The van der Waals surface area contributed by atoms with Gasteiger partial charge >= 0.3 is 0 Å². The molecule has 1 aliphatic rings. The molecule has 0 aliphatic heterocycles. The molecule has 2 aromatic carbocycles. The number of aromatic amines is 2. The van der Waals surface area contributed by atoms with Gasteiger partial charge in [0.15, 0.2) is 0 Å². The Hall–Kier alpha value is -4.01. The summed E-state index contributed by atoms with van der Waals surface area (Å²) in [5, 5.41) is 8.28. The summed E-state index contributed by atoms with van der Waals surface area (Å²) < 4.78 is 34.4. The van der Waals surface area contributed by atoms with Crippen LogP contribution in [0.2, 0.25) is 0 Å². The fourth-order valence-electron chi connectivity index (χ4n) is 4.10. The largest absolute Gasteiger partial charge is 0.488 e. The third-order valence-corrected chi connectivity index (χ3v) is 5.99. The Morgan fingerprint density at radius 1 is 1.16 bits per heavy atom. The first kappa shape index (κ1) is 18.7. The number of halogens is 2. The summed E-state index contributed by atoms with van der Waals surface area (Å²) >= 11 is 0. The third-order valence-electron chi connectivity index (χ3n) is 5.99. The van der Waals surface area contributed by atoms with Crippen LogP contribution in [0.25, 0.3) is 43.8 Å². The van der Waals surface area contributed by atoms with Gasteiger partial charge in [-0.05, 0) is 42.7 Å². The Morgan fingerprint density at radius 3 is 2.81 bits per heavy atom. The van der Waals surface area contributed by atoms with E-state index in [0.29, 0.717) is 56.9 Å². The molecule has 1 aliphatic carbocycles. The lowest BCUT2D eigenvalue weighted by Crippen LogP contribution is -2.15. The zero-order chi connectivity index (χ0) is 22.0. The number of anilines is 1. The fourth-order valence-corrected chi connectivity index (χ4v) is 4.10. The predicted molar refractivity (Wildman–Crippen MR) is 118 cm³/mol. The molecule has 3 heterocycles. The number of alkyl halides is 1. The standard InChI is InChI=1S/C23H17F2N5O2/c24-15-4-3-11(14-9-28-30-20(14)15)17-13-8-16(32-10-23(25)5-6-23)21-12(2-1-7-27-21)19(13)29-22(31)18(17)26/h1-4,7-9H,5-6,10,26H2,(H,28,30)(H,29,31). The number of nitrogens with one attached hydrogen (secondary N) is 2. The topological polar surface area (TPSA) is 110 Å². The molecule has 7 nitrogen and oxygen atoms in total. The molecule has 3 aromatic heterocycles. The van der Waals surface area contributed by atoms with Crippen LogP contribution in [0.15, 0.2) is 47.5 Å². The molecule has 1 saturated carbocycles. The minimum Gasteiger partial charge on any atom is -0.488 e. The second-order valence-electron chi connectivity index (χ2n) is 8.13. The molecule has 9 heteroatoms. The van der Waals surface area contributed by atoms with Crippen LogP contribution >= 0.6 is 0 Å². The number of H-pyrrole nitrogens is 2. The highest BCUT2D eigenvalue weighted by atomic mass is 19.1. The van der Waals surface area contributed by atoms with Gasteiger partial charge in [-0.15, -0.1) is 0 Å². The zero-order valence-electron chi connectivity index (χ0n) is 16.7. The van der Waals surface area contributed by atoms with Crippen molar-refractivity contribution < 1.29 is 13.5 Å². The number of ether oxygens (including phenoxy) is 1. The average Bonchev–Trinajstić information content (AvgIpc) is 3.31. The summed E-state index contributed by atoms with van der Waals surface area (Å²) in [6, 6.07) is 8.10. The summed E-state index contributed by atoms with van der Waals surface area (Å²) in [7, 11) is 0. The molecule has 0 amide bonds. The van der Waals surface area contributed by atoms with Gasteiger partial charge in [0.1, 0.15) is 40.6 Å². The van der Waals surface area contributed by atoms with Crippen molar-refractivity contribution >= 4 is 38.4 Å². The van der Waals surface area contributed by atoms with Gasteiger partial charge in [-0.2, -0.15) is 5.10 Å². The van der Waals surface area contributed by atoms with E-state index in [0.717, 1.165) is 0 Å². The Balaban J connectivity index is 1.70. The number of rotatable bonds is 4. The van der Waals surface area contributed by atoms with E-state index < -0.39 is 17.0 Å². The van der Waals surface area contributed by atoms with Crippen molar-refractivity contribution in [3.05, 3.63) is 58.9 Å². The highest BCUT2D eigenvalue weighted by molar-refractivity contribution is 6.15. The predicted octanol–water partition coefficient (Wildman–Crippen LogP) is 4.22. The molecule has 6 rings (SSSR count). The molecule has 0 atom stereocenters. The van der Waals surface area contributed by atoms with Crippen molar-refractivity contribution in [2.45, 2.75) is 18.5 Å². The van der Waals surface area contributed by atoms with Crippen molar-refractivity contribution in [2.75, 3.05) is 12.3 Å². The quantitative estimate of drug-likeness (QED) is 0.368. The normalized spacial score (nSPS) is 14.9. The van der Waals surface area contributed by atoms with Gasteiger partial charge in [-0.3, -0.25) is 14.9 Å². The summed E-state index contributed by atoms with van der Waals surface area (Å²) in [6.07, 6.45) is 4.02. The number of nitrogens with two attached hydrogens (primary N) is 1. The Bertz CT molecular complexity index is 1600. The fraction of sp³-hybridized carbons (Fsp3) is 0.174. The van der Waals surface area contributed by atoms with E-state index in [1.807, 2.05) is 0 Å². The molecule has 0 spiro atoms. The summed E-state index contributed by atoms with van der Waals surface area (Å²) in [5.74, 6) is -0.0828. The molecule has 0 unspecified atom stereocenters. The number of hydrogen-bond acceptors (Lipinski definition) is 5. The van der Waals surface area contributed by atoms with Crippen LogP contribution in [0, 0.1) is 5.82 Å². The van der Waals surface area contributed by atoms with Crippen LogP contribution in [-0.2, 0) is 0 Å². The van der Waals surface area contributed by atoms with Gasteiger partial charge in [0.2, 0.25) is 0 Å². The lowest BCUT2D eigenvalue weighted by atomic mass is 9.95. The monoisotopic (exact) mass is 433 g/mol. The number of nitrogen functional groups attached to an aromatic ring is 1. The second kappa shape index (κ2) is 6.49. The van der Waals surface area contributed by atoms with Gasteiger partial charge in [0.25, 0.3) is 5.56 Å². The summed E-state index contributed by atoms with van der Waals surface area (Å²) in [5.41, 5.74) is 6.61. The van der Waals surface area contributed by atoms with Gasteiger partial charge in [0, 0.05) is 27.9 Å². The first-order valence-electron chi connectivity index (χ1n) is 10.1. The minimum absolute atomic E-state index is 0.0232. The van der Waals surface area contributed by atoms with Crippen LogP contribution in [0.1, 0.15) is 12.8 Å². The highest BCUT2D eigenvalue weighted by Gasteiger charge is 2.44. The van der Waals surface area contributed by atoms with Crippen molar-refractivity contribution in [2.24, 2.45) is 0 Å². The summed E-state index contributed by atoms with van der Waals surface area (Å²) in [4.78, 5) is 20.0. The van der Waals surface area contributed by atoms with Crippen LogP contribution in [0.4, 0.5) is 14.5 Å². The van der Waals surface area contributed by atoms with Crippen molar-refractivity contribution in [3.63, 3.8) is 0 Å². The van der Waals surface area contributed by atoms with Gasteiger partial charge in [-0.1, -0.05) is 6.07 Å². The van der Waals surface area contributed by atoms with Crippen LogP contribution in [0.3, 0.4) is 0 Å². The number of nitrogens with zero attached hydrogens (tertiary/aromatic N) is 2. The minimum atomic E-state index is -1.32. The van der Waals surface area contributed by atoms with Crippen molar-refractivity contribution in [3.8, 4) is 16.9 Å². The van der Waals surface area contributed by atoms with Crippen molar-refractivity contribution in [1.82, 2.24) is 20.2 Å². The Labute approximate surface area is 179 Å².